The maximum absolute atomic E-state index is 12.9. The van der Waals surface area contributed by atoms with Gasteiger partial charge >= 0.3 is 0 Å². The summed E-state index contributed by atoms with van der Waals surface area (Å²) in [4.78, 5) is 4.14. The zero-order valence-electron chi connectivity index (χ0n) is 15.0. The molecule has 8 heteroatoms. The molecular weight excluding hydrogens is 430 g/mol. The Kier molecular flexibility index (Phi) is 5.98. The Balaban J connectivity index is 1.82. The minimum absolute atomic E-state index is 0.112. The van der Waals surface area contributed by atoms with Crippen molar-refractivity contribution in [1.82, 2.24) is 14.3 Å². The first kappa shape index (κ1) is 19.6. The molecule has 1 N–H and O–H groups in total. The van der Waals surface area contributed by atoms with Gasteiger partial charge in [-0.25, -0.2) is 18.1 Å². The van der Waals surface area contributed by atoms with Crippen LogP contribution in [-0.4, -0.2) is 24.6 Å². The normalized spacial score (nSPS) is 12.7. The number of nitrogens with zero attached hydrogens (tertiary/aromatic N) is 2. The predicted molar refractivity (Wildman–Crippen MR) is 108 cm³/mol. The van der Waals surface area contributed by atoms with Crippen molar-refractivity contribution in [3.05, 3.63) is 71.2 Å². The Bertz CT molecular complexity index is 1000. The topological polar surface area (TPSA) is 73.2 Å². The van der Waals surface area contributed by atoms with Gasteiger partial charge in [-0.15, -0.1) is 0 Å². The highest BCUT2D eigenvalue weighted by atomic mass is 79.9. The molecule has 0 amide bonds. The molecule has 2 aromatic carbocycles. The van der Waals surface area contributed by atoms with Gasteiger partial charge < -0.3 is 9.30 Å². The third kappa shape index (κ3) is 4.58. The van der Waals surface area contributed by atoms with Gasteiger partial charge in [0, 0.05) is 28.6 Å². The standard InChI is InChI=1S/C19H20BrN3O3S/c1-3-26-18-9-6-16(20)12-19(18)27(24,25)22-14(2)15-4-7-17(8-5-15)23-11-10-21-13-23/h4-14,22H,3H2,1-2H3/t14-/m0/s1. The first-order valence-electron chi connectivity index (χ1n) is 8.43. The SMILES string of the molecule is CCOc1ccc(Br)cc1S(=O)(=O)N[C@@H](C)c1ccc(-n2ccnc2)cc1. The van der Waals surface area contributed by atoms with Crippen molar-refractivity contribution >= 4 is 26.0 Å². The molecule has 0 saturated heterocycles. The molecule has 0 aliphatic carbocycles. The van der Waals surface area contributed by atoms with Crippen molar-refractivity contribution in [3.8, 4) is 11.4 Å². The highest BCUT2D eigenvalue weighted by Crippen LogP contribution is 2.29. The maximum atomic E-state index is 12.9. The number of halogens is 1. The molecular formula is C19H20BrN3O3S. The molecule has 3 aromatic rings. The van der Waals surface area contributed by atoms with Crippen LogP contribution >= 0.6 is 15.9 Å². The van der Waals surface area contributed by atoms with Gasteiger partial charge in [0.15, 0.2) is 0 Å². The summed E-state index contributed by atoms with van der Waals surface area (Å²) in [7, 11) is -3.76. The molecule has 6 nitrogen and oxygen atoms in total. The van der Waals surface area contributed by atoms with E-state index in [0.29, 0.717) is 16.8 Å². The molecule has 0 bridgehead atoms. The van der Waals surface area contributed by atoms with Crippen molar-refractivity contribution in [1.29, 1.82) is 0 Å². The van der Waals surface area contributed by atoms with Gasteiger partial charge in [-0.1, -0.05) is 28.1 Å². The van der Waals surface area contributed by atoms with E-state index in [-0.39, 0.29) is 4.90 Å². The second-order valence-corrected chi connectivity index (χ2v) is 8.53. The number of hydrogen-bond acceptors (Lipinski definition) is 4. The van der Waals surface area contributed by atoms with Gasteiger partial charge in [0.05, 0.1) is 12.9 Å². The summed E-state index contributed by atoms with van der Waals surface area (Å²) in [5.74, 6) is 0.329. The summed E-state index contributed by atoms with van der Waals surface area (Å²) in [5, 5.41) is 0. The van der Waals surface area contributed by atoms with E-state index in [2.05, 4.69) is 25.6 Å². The highest BCUT2D eigenvalue weighted by molar-refractivity contribution is 9.10. The van der Waals surface area contributed by atoms with Crippen LogP contribution in [0.3, 0.4) is 0 Å². The lowest BCUT2D eigenvalue weighted by Crippen LogP contribution is -2.27. The van der Waals surface area contributed by atoms with Crippen LogP contribution < -0.4 is 9.46 Å². The second-order valence-electron chi connectivity index (χ2n) is 5.93. The van der Waals surface area contributed by atoms with Gasteiger partial charge in [0.25, 0.3) is 0 Å². The zero-order valence-corrected chi connectivity index (χ0v) is 17.4. The van der Waals surface area contributed by atoms with Crippen LogP contribution in [0.5, 0.6) is 5.75 Å². The fraction of sp³-hybridized carbons (Fsp3) is 0.211. The lowest BCUT2D eigenvalue weighted by Gasteiger charge is -2.17. The fourth-order valence-electron chi connectivity index (χ4n) is 2.68. The van der Waals surface area contributed by atoms with Gasteiger partial charge in [-0.3, -0.25) is 0 Å². The van der Waals surface area contributed by atoms with Crippen LogP contribution in [0.4, 0.5) is 0 Å². The van der Waals surface area contributed by atoms with Gasteiger partial charge in [-0.05, 0) is 49.7 Å². The quantitative estimate of drug-likeness (QED) is 0.589. The van der Waals surface area contributed by atoms with Crippen LogP contribution in [0.15, 0.2) is 70.6 Å². The minimum Gasteiger partial charge on any atom is -0.492 e. The van der Waals surface area contributed by atoms with Crippen LogP contribution in [0.25, 0.3) is 5.69 Å². The van der Waals surface area contributed by atoms with Crippen molar-refractivity contribution < 1.29 is 13.2 Å². The highest BCUT2D eigenvalue weighted by Gasteiger charge is 2.23. The van der Waals surface area contributed by atoms with E-state index in [1.54, 1.807) is 30.7 Å². The summed E-state index contributed by atoms with van der Waals surface area (Å²) >= 11 is 3.32. The summed E-state index contributed by atoms with van der Waals surface area (Å²) in [6.07, 6.45) is 5.27. The van der Waals surface area contributed by atoms with Crippen molar-refractivity contribution in [2.75, 3.05) is 6.61 Å². The summed E-state index contributed by atoms with van der Waals surface area (Å²) in [6.45, 7) is 4.01. The second kappa shape index (κ2) is 8.24. The first-order chi connectivity index (χ1) is 12.9. The minimum atomic E-state index is -3.76. The van der Waals surface area contributed by atoms with Gasteiger partial charge in [0.1, 0.15) is 10.6 Å². The molecule has 3 rings (SSSR count). The third-order valence-corrected chi connectivity index (χ3v) is 6.08. The zero-order chi connectivity index (χ0) is 19.4. The Hall–Kier alpha value is -2.16. The first-order valence-corrected chi connectivity index (χ1v) is 10.7. The third-order valence-electron chi connectivity index (χ3n) is 4.02. The average Bonchev–Trinajstić information content (AvgIpc) is 3.18. The Morgan fingerprint density at radius 2 is 1.96 bits per heavy atom. The predicted octanol–water partition coefficient (Wildman–Crippen LogP) is 4.07. The molecule has 27 heavy (non-hydrogen) atoms. The summed E-state index contributed by atoms with van der Waals surface area (Å²) < 4.78 is 36.5. The number of rotatable bonds is 7. The average molecular weight is 450 g/mol. The molecule has 1 heterocycles. The number of ether oxygens (including phenoxy) is 1. The number of nitrogens with one attached hydrogen (secondary N) is 1. The van der Waals surface area contributed by atoms with Crippen LogP contribution in [0, 0.1) is 0 Å². The smallest absolute Gasteiger partial charge is 0.244 e. The van der Waals surface area contributed by atoms with Crippen LogP contribution in [0.1, 0.15) is 25.5 Å². The number of sulfonamides is 1. The Morgan fingerprint density at radius 3 is 2.59 bits per heavy atom. The number of benzene rings is 2. The number of aromatic nitrogens is 2. The monoisotopic (exact) mass is 449 g/mol. The lowest BCUT2D eigenvalue weighted by atomic mass is 10.1. The van der Waals surface area contributed by atoms with E-state index >= 15 is 0 Å². The van der Waals surface area contributed by atoms with Gasteiger partial charge in [0.2, 0.25) is 10.0 Å². The molecule has 0 unspecified atom stereocenters. The molecule has 0 fully saturated rings. The van der Waals surface area contributed by atoms with Crippen molar-refractivity contribution in [3.63, 3.8) is 0 Å². The molecule has 0 aliphatic heterocycles. The molecule has 0 radical (unpaired) electrons. The number of imidazole rings is 1. The molecule has 0 spiro atoms. The Labute approximate surface area is 167 Å². The van der Waals surface area contributed by atoms with E-state index in [1.165, 1.54) is 0 Å². The Morgan fingerprint density at radius 1 is 1.22 bits per heavy atom. The molecule has 1 atom stereocenters. The van der Waals surface area contributed by atoms with Crippen molar-refractivity contribution in [2.45, 2.75) is 24.8 Å². The fourth-order valence-corrected chi connectivity index (χ4v) is 4.59. The summed E-state index contributed by atoms with van der Waals surface area (Å²) in [6, 6.07) is 12.2. The molecule has 0 aliphatic rings. The van der Waals surface area contributed by atoms with Gasteiger partial charge in [-0.2, -0.15) is 0 Å². The van der Waals surface area contributed by atoms with E-state index in [4.69, 9.17) is 4.74 Å². The van der Waals surface area contributed by atoms with E-state index in [1.807, 2.05) is 48.9 Å². The molecule has 0 saturated carbocycles. The van der Waals surface area contributed by atoms with E-state index in [9.17, 15) is 8.42 Å². The molecule has 1 aromatic heterocycles. The van der Waals surface area contributed by atoms with Crippen LogP contribution in [-0.2, 0) is 10.0 Å². The van der Waals surface area contributed by atoms with Crippen LogP contribution in [0.2, 0.25) is 0 Å². The summed E-state index contributed by atoms with van der Waals surface area (Å²) in [5.41, 5.74) is 1.81. The largest absolute Gasteiger partial charge is 0.492 e. The van der Waals surface area contributed by atoms with Crippen molar-refractivity contribution in [2.24, 2.45) is 0 Å². The maximum Gasteiger partial charge on any atom is 0.244 e. The van der Waals surface area contributed by atoms with E-state index < -0.39 is 16.1 Å². The van der Waals surface area contributed by atoms with E-state index in [0.717, 1.165) is 11.3 Å². The lowest BCUT2D eigenvalue weighted by molar-refractivity contribution is 0.331. The molecule has 142 valence electrons. The number of hydrogen-bond donors (Lipinski definition) is 1.